The first-order valence-corrected chi connectivity index (χ1v) is 15.1. The molecule has 8 heteroatoms. The number of nitrogens with zero attached hydrogens (tertiary/aromatic N) is 2. The van der Waals surface area contributed by atoms with Gasteiger partial charge in [-0.05, 0) is 68.8 Å². The SMILES string of the molecule is Cc1ccc(-c2cc(C(=O)NCCCNC(=O)c3cc(-c4ccc(C)s4)nc4ccccc34)c3ccccc3n2)s1. The fourth-order valence-corrected chi connectivity index (χ4v) is 6.46. The highest BCUT2D eigenvalue weighted by Gasteiger charge is 2.16. The molecule has 0 saturated carbocycles. The van der Waals surface area contributed by atoms with Crippen LogP contribution in [0.25, 0.3) is 42.9 Å². The number of rotatable bonds is 8. The lowest BCUT2D eigenvalue weighted by Crippen LogP contribution is -2.30. The van der Waals surface area contributed by atoms with E-state index in [1.165, 1.54) is 9.75 Å². The van der Waals surface area contributed by atoms with Crippen LogP contribution in [0.1, 0.15) is 36.9 Å². The minimum atomic E-state index is -0.152. The van der Waals surface area contributed by atoms with Crippen molar-refractivity contribution in [2.24, 2.45) is 0 Å². The Morgan fingerprint density at radius 3 is 1.49 bits per heavy atom. The van der Waals surface area contributed by atoms with Crippen LogP contribution in [0.15, 0.2) is 84.9 Å². The summed E-state index contributed by atoms with van der Waals surface area (Å²) >= 11 is 3.32. The highest BCUT2D eigenvalue weighted by atomic mass is 32.1. The van der Waals surface area contributed by atoms with Gasteiger partial charge >= 0.3 is 0 Å². The van der Waals surface area contributed by atoms with Crippen molar-refractivity contribution in [3.05, 3.63) is 106 Å². The van der Waals surface area contributed by atoms with Crippen LogP contribution >= 0.6 is 22.7 Å². The van der Waals surface area contributed by atoms with E-state index in [1.807, 2.05) is 72.8 Å². The first-order chi connectivity index (χ1) is 20.0. The average molecular weight is 577 g/mol. The summed E-state index contributed by atoms with van der Waals surface area (Å²) < 4.78 is 0. The van der Waals surface area contributed by atoms with E-state index in [-0.39, 0.29) is 11.8 Å². The maximum absolute atomic E-state index is 13.3. The standard InChI is InChI=1S/C33H28N4O2S2/c1-20-12-14-30(40-20)28-18-24(22-8-3-5-10-26(22)36-28)32(38)34-16-7-17-35-33(39)25-19-29(31-15-13-21(2)41-31)37-27-11-6-4-9-23(25)27/h3-6,8-15,18-19H,7,16-17H2,1-2H3,(H,34,38)(H,35,39). The van der Waals surface area contributed by atoms with E-state index in [1.54, 1.807) is 22.7 Å². The lowest BCUT2D eigenvalue weighted by molar-refractivity contribution is 0.0953. The number of amides is 2. The van der Waals surface area contributed by atoms with Crippen LogP contribution in [-0.4, -0.2) is 34.9 Å². The molecule has 41 heavy (non-hydrogen) atoms. The Kier molecular flexibility index (Phi) is 7.59. The largest absolute Gasteiger partial charge is 0.352 e. The van der Waals surface area contributed by atoms with Crippen LogP contribution in [0.3, 0.4) is 0 Å². The maximum Gasteiger partial charge on any atom is 0.252 e. The van der Waals surface area contributed by atoms with Crippen LogP contribution in [0.5, 0.6) is 0 Å². The number of aryl methyl sites for hydroxylation is 2. The molecule has 0 saturated heterocycles. The molecule has 0 fully saturated rings. The Labute approximate surface area is 246 Å². The second-order valence-corrected chi connectivity index (χ2v) is 12.4. The fraction of sp³-hybridized carbons (Fsp3) is 0.152. The van der Waals surface area contributed by atoms with Gasteiger partial charge in [0.1, 0.15) is 0 Å². The normalized spacial score (nSPS) is 11.2. The lowest BCUT2D eigenvalue weighted by Gasteiger charge is -2.11. The van der Waals surface area contributed by atoms with Crippen LogP contribution in [0.2, 0.25) is 0 Å². The van der Waals surface area contributed by atoms with Crippen molar-refractivity contribution >= 4 is 56.3 Å². The number of para-hydroxylation sites is 2. The molecular formula is C33H28N4O2S2. The monoisotopic (exact) mass is 576 g/mol. The van der Waals surface area contributed by atoms with Gasteiger partial charge in [0.15, 0.2) is 0 Å². The van der Waals surface area contributed by atoms with Crippen molar-refractivity contribution in [1.82, 2.24) is 20.6 Å². The van der Waals surface area contributed by atoms with Gasteiger partial charge in [0.25, 0.3) is 11.8 Å². The van der Waals surface area contributed by atoms with Gasteiger partial charge in [0.2, 0.25) is 0 Å². The van der Waals surface area contributed by atoms with Crippen molar-refractivity contribution in [3.8, 4) is 21.1 Å². The highest BCUT2D eigenvalue weighted by molar-refractivity contribution is 7.15. The maximum atomic E-state index is 13.3. The van der Waals surface area contributed by atoms with Gasteiger partial charge in [-0.2, -0.15) is 0 Å². The number of carbonyl (C=O) groups excluding carboxylic acids is 2. The number of thiophene rings is 2. The third-order valence-corrected chi connectivity index (χ3v) is 8.88. The molecule has 4 heterocycles. The predicted molar refractivity (Wildman–Crippen MR) is 169 cm³/mol. The zero-order chi connectivity index (χ0) is 28.3. The van der Waals surface area contributed by atoms with Gasteiger partial charge in [0, 0.05) is 33.6 Å². The number of fused-ring (bicyclic) bond motifs is 2. The van der Waals surface area contributed by atoms with E-state index in [2.05, 4.69) is 36.6 Å². The molecule has 0 spiro atoms. The van der Waals surface area contributed by atoms with Gasteiger partial charge in [-0.3, -0.25) is 9.59 Å². The molecule has 0 aliphatic heterocycles. The second-order valence-electron chi connectivity index (χ2n) is 9.83. The molecule has 2 aromatic carbocycles. The summed E-state index contributed by atoms with van der Waals surface area (Å²) in [4.78, 5) is 40.5. The van der Waals surface area contributed by atoms with E-state index in [0.29, 0.717) is 30.6 Å². The Bertz CT molecular complexity index is 1770. The van der Waals surface area contributed by atoms with Gasteiger partial charge in [-0.15, -0.1) is 22.7 Å². The first kappa shape index (κ1) is 26.8. The molecule has 6 rings (SSSR count). The van der Waals surface area contributed by atoms with Crippen molar-refractivity contribution in [2.75, 3.05) is 13.1 Å². The lowest BCUT2D eigenvalue weighted by atomic mass is 10.1. The van der Waals surface area contributed by atoms with Gasteiger partial charge < -0.3 is 10.6 Å². The van der Waals surface area contributed by atoms with E-state index < -0.39 is 0 Å². The zero-order valence-corrected chi connectivity index (χ0v) is 24.4. The molecule has 0 aliphatic rings. The number of benzene rings is 2. The van der Waals surface area contributed by atoms with Crippen LogP contribution in [0.4, 0.5) is 0 Å². The highest BCUT2D eigenvalue weighted by Crippen LogP contribution is 2.31. The molecule has 204 valence electrons. The summed E-state index contributed by atoms with van der Waals surface area (Å²) in [5.74, 6) is -0.305. The summed E-state index contributed by atoms with van der Waals surface area (Å²) in [6, 6.07) is 27.3. The third-order valence-electron chi connectivity index (χ3n) is 6.83. The number of nitrogens with one attached hydrogen (secondary N) is 2. The van der Waals surface area contributed by atoms with Crippen LogP contribution in [0, 0.1) is 13.8 Å². The molecule has 0 atom stereocenters. The average Bonchev–Trinajstić information content (AvgIpc) is 3.63. The Morgan fingerprint density at radius 2 is 1.07 bits per heavy atom. The molecule has 0 bridgehead atoms. The van der Waals surface area contributed by atoms with E-state index in [9.17, 15) is 9.59 Å². The number of hydrogen-bond donors (Lipinski definition) is 2. The Balaban J connectivity index is 1.12. The molecule has 2 amide bonds. The number of aromatic nitrogens is 2. The summed E-state index contributed by atoms with van der Waals surface area (Å²) in [6.45, 7) is 4.98. The van der Waals surface area contributed by atoms with Gasteiger partial charge in [0.05, 0.1) is 43.3 Å². The topological polar surface area (TPSA) is 84.0 Å². The molecule has 4 aromatic heterocycles. The van der Waals surface area contributed by atoms with E-state index in [0.717, 1.165) is 42.9 Å². The van der Waals surface area contributed by atoms with Crippen molar-refractivity contribution < 1.29 is 9.59 Å². The van der Waals surface area contributed by atoms with Crippen molar-refractivity contribution in [3.63, 3.8) is 0 Å². The van der Waals surface area contributed by atoms with Gasteiger partial charge in [-0.1, -0.05) is 36.4 Å². The van der Waals surface area contributed by atoms with E-state index >= 15 is 0 Å². The molecule has 6 aromatic rings. The fourth-order valence-electron chi connectivity index (χ4n) is 4.81. The van der Waals surface area contributed by atoms with Crippen LogP contribution in [-0.2, 0) is 0 Å². The van der Waals surface area contributed by atoms with Crippen molar-refractivity contribution in [1.29, 1.82) is 0 Å². The molecule has 0 radical (unpaired) electrons. The molecule has 6 nitrogen and oxygen atoms in total. The zero-order valence-electron chi connectivity index (χ0n) is 22.7. The smallest absolute Gasteiger partial charge is 0.252 e. The second kappa shape index (κ2) is 11.6. The Hall–Kier alpha value is -4.40. The summed E-state index contributed by atoms with van der Waals surface area (Å²) in [5, 5.41) is 7.69. The first-order valence-electron chi connectivity index (χ1n) is 13.5. The molecule has 0 aliphatic carbocycles. The number of carbonyl (C=O) groups is 2. The minimum absolute atomic E-state index is 0.152. The predicted octanol–water partition coefficient (Wildman–Crippen LogP) is 7.41. The third kappa shape index (κ3) is 5.75. The minimum Gasteiger partial charge on any atom is -0.352 e. The van der Waals surface area contributed by atoms with Gasteiger partial charge in [-0.25, -0.2) is 9.97 Å². The summed E-state index contributed by atoms with van der Waals surface area (Å²) in [7, 11) is 0. The number of hydrogen-bond acceptors (Lipinski definition) is 6. The van der Waals surface area contributed by atoms with Crippen LogP contribution < -0.4 is 10.6 Å². The molecular weight excluding hydrogens is 549 g/mol. The summed E-state index contributed by atoms with van der Waals surface area (Å²) in [5.41, 5.74) is 4.35. The molecule has 2 N–H and O–H groups in total. The molecule has 0 unspecified atom stereocenters. The number of pyridine rings is 2. The summed E-state index contributed by atoms with van der Waals surface area (Å²) in [6.07, 6.45) is 0.595. The Morgan fingerprint density at radius 1 is 0.634 bits per heavy atom. The quantitative estimate of drug-likeness (QED) is 0.185. The van der Waals surface area contributed by atoms with E-state index in [4.69, 9.17) is 9.97 Å². The van der Waals surface area contributed by atoms with Crippen molar-refractivity contribution in [2.45, 2.75) is 20.3 Å².